The maximum absolute atomic E-state index is 13.3. The van der Waals surface area contributed by atoms with Crippen LogP contribution in [0.15, 0.2) is 32.7 Å². The van der Waals surface area contributed by atoms with E-state index >= 15 is 0 Å². The molecule has 0 aliphatic carbocycles. The molecule has 2 rings (SSSR count). The summed E-state index contributed by atoms with van der Waals surface area (Å²) in [6.45, 7) is 2.20. The van der Waals surface area contributed by atoms with Crippen LogP contribution in [0.5, 0.6) is 0 Å². The van der Waals surface area contributed by atoms with Crippen molar-refractivity contribution in [1.82, 2.24) is 10.2 Å². The molecule has 2 aromatic rings. The van der Waals surface area contributed by atoms with Gasteiger partial charge >= 0.3 is 0 Å². The van der Waals surface area contributed by atoms with Crippen molar-refractivity contribution in [2.45, 2.75) is 23.5 Å². The Morgan fingerprint density at radius 1 is 1.35 bits per heavy atom. The van der Waals surface area contributed by atoms with Crippen molar-refractivity contribution in [2.75, 3.05) is 6.54 Å². The first kappa shape index (κ1) is 12.1. The number of rotatable bonds is 4. The van der Waals surface area contributed by atoms with Gasteiger partial charge in [-0.2, -0.15) is 0 Å². The highest BCUT2D eigenvalue weighted by Crippen LogP contribution is 2.27. The second kappa shape index (κ2) is 5.29. The topological polar surface area (TPSA) is 64.9 Å². The molecule has 0 atom stereocenters. The lowest BCUT2D eigenvalue weighted by molar-refractivity contribution is 0.429. The summed E-state index contributed by atoms with van der Waals surface area (Å²) in [4.78, 5) is 0.733. The fourth-order valence-corrected chi connectivity index (χ4v) is 2.24. The maximum atomic E-state index is 13.3. The summed E-state index contributed by atoms with van der Waals surface area (Å²) in [6.07, 6.45) is 0.647. The number of halogens is 1. The Morgan fingerprint density at radius 3 is 2.82 bits per heavy atom. The largest absolute Gasteiger partial charge is 0.416 e. The lowest BCUT2D eigenvalue weighted by Crippen LogP contribution is -2.03. The number of nitrogens with two attached hydrogens (primary N) is 1. The molecule has 0 unspecified atom stereocenters. The molecule has 1 aromatic carbocycles. The molecule has 17 heavy (non-hydrogen) atoms. The lowest BCUT2D eigenvalue weighted by atomic mass is 10.1. The van der Waals surface area contributed by atoms with Gasteiger partial charge in [0.15, 0.2) is 0 Å². The van der Waals surface area contributed by atoms with Gasteiger partial charge in [0.2, 0.25) is 5.89 Å². The molecule has 0 fully saturated rings. The van der Waals surface area contributed by atoms with Crippen LogP contribution in [-0.2, 0) is 6.42 Å². The van der Waals surface area contributed by atoms with Crippen molar-refractivity contribution >= 4 is 11.8 Å². The zero-order chi connectivity index (χ0) is 12.3. The van der Waals surface area contributed by atoms with E-state index < -0.39 is 0 Å². The highest BCUT2D eigenvalue weighted by atomic mass is 32.2. The summed E-state index contributed by atoms with van der Waals surface area (Å²) in [5.74, 6) is 0.209. The molecule has 90 valence electrons. The van der Waals surface area contributed by atoms with E-state index in [9.17, 15) is 4.39 Å². The van der Waals surface area contributed by atoms with Crippen LogP contribution in [0.3, 0.4) is 0 Å². The van der Waals surface area contributed by atoms with Crippen molar-refractivity contribution in [3.05, 3.63) is 35.5 Å². The SMILES string of the molecule is Cc1nnc(Sc2cc(F)cc(CCN)c2)o1. The number of benzene rings is 1. The van der Waals surface area contributed by atoms with Gasteiger partial charge in [0, 0.05) is 11.8 Å². The first-order valence-corrected chi connectivity index (χ1v) is 5.96. The number of hydrogen-bond donors (Lipinski definition) is 1. The van der Waals surface area contributed by atoms with Crippen molar-refractivity contribution in [2.24, 2.45) is 5.73 Å². The summed E-state index contributed by atoms with van der Waals surface area (Å²) >= 11 is 1.24. The van der Waals surface area contributed by atoms with Gasteiger partial charge in [-0.25, -0.2) is 4.39 Å². The average Bonchev–Trinajstić information content (AvgIpc) is 2.63. The van der Waals surface area contributed by atoms with Crippen LogP contribution in [0.1, 0.15) is 11.5 Å². The summed E-state index contributed by atoms with van der Waals surface area (Å²) in [7, 11) is 0. The Labute approximate surface area is 102 Å². The molecule has 0 saturated carbocycles. The van der Waals surface area contributed by atoms with Gasteiger partial charge in [-0.1, -0.05) is 0 Å². The van der Waals surface area contributed by atoms with Crippen LogP contribution in [0.2, 0.25) is 0 Å². The molecule has 6 heteroatoms. The van der Waals surface area contributed by atoms with E-state index in [2.05, 4.69) is 10.2 Å². The Balaban J connectivity index is 2.20. The molecule has 0 bridgehead atoms. The van der Waals surface area contributed by atoms with Crippen LogP contribution in [0.25, 0.3) is 0 Å². The zero-order valence-corrected chi connectivity index (χ0v) is 10.1. The molecule has 0 aliphatic rings. The third-order valence-corrected chi connectivity index (χ3v) is 2.89. The molecular formula is C11H12FN3OS. The summed E-state index contributed by atoms with van der Waals surface area (Å²) in [6, 6.07) is 4.79. The minimum absolute atomic E-state index is 0.283. The van der Waals surface area contributed by atoms with Crippen LogP contribution < -0.4 is 5.73 Å². The van der Waals surface area contributed by atoms with E-state index in [0.717, 1.165) is 10.5 Å². The molecule has 4 nitrogen and oxygen atoms in total. The van der Waals surface area contributed by atoms with E-state index in [1.807, 2.05) is 6.07 Å². The summed E-state index contributed by atoms with van der Waals surface area (Å²) in [5, 5.41) is 7.97. The second-order valence-electron chi connectivity index (χ2n) is 3.52. The third-order valence-electron chi connectivity index (χ3n) is 2.08. The maximum Gasteiger partial charge on any atom is 0.281 e. The first-order chi connectivity index (χ1) is 8.17. The average molecular weight is 253 g/mol. The number of nitrogens with zero attached hydrogens (tertiary/aromatic N) is 2. The third kappa shape index (κ3) is 3.28. The highest BCUT2D eigenvalue weighted by molar-refractivity contribution is 7.99. The molecule has 1 heterocycles. The Morgan fingerprint density at radius 2 is 2.18 bits per heavy atom. The first-order valence-electron chi connectivity index (χ1n) is 5.15. The van der Waals surface area contributed by atoms with E-state index in [1.165, 1.54) is 23.9 Å². The van der Waals surface area contributed by atoms with E-state index in [1.54, 1.807) is 6.92 Å². The quantitative estimate of drug-likeness (QED) is 0.904. The lowest BCUT2D eigenvalue weighted by Gasteiger charge is -2.02. The zero-order valence-electron chi connectivity index (χ0n) is 9.31. The van der Waals surface area contributed by atoms with Crippen LogP contribution >= 0.6 is 11.8 Å². The Kier molecular flexibility index (Phi) is 3.75. The number of aryl methyl sites for hydroxylation is 1. The molecule has 2 N–H and O–H groups in total. The van der Waals surface area contributed by atoms with Gasteiger partial charge in [-0.15, -0.1) is 10.2 Å². The molecule has 0 aliphatic heterocycles. The molecule has 1 aromatic heterocycles. The minimum Gasteiger partial charge on any atom is -0.416 e. The van der Waals surface area contributed by atoms with Crippen molar-refractivity contribution < 1.29 is 8.81 Å². The highest BCUT2D eigenvalue weighted by Gasteiger charge is 2.07. The van der Waals surface area contributed by atoms with Gasteiger partial charge in [-0.3, -0.25) is 0 Å². The molecule has 0 saturated heterocycles. The molecule has 0 radical (unpaired) electrons. The van der Waals surface area contributed by atoms with Gasteiger partial charge in [-0.05, 0) is 48.5 Å². The van der Waals surface area contributed by atoms with Crippen LogP contribution in [0, 0.1) is 12.7 Å². The van der Waals surface area contributed by atoms with Gasteiger partial charge in [0.1, 0.15) is 5.82 Å². The van der Waals surface area contributed by atoms with Gasteiger partial charge in [0.05, 0.1) is 0 Å². The van der Waals surface area contributed by atoms with E-state index in [4.69, 9.17) is 10.2 Å². The standard InChI is InChI=1S/C11H12FN3OS/c1-7-14-15-11(16-7)17-10-5-8(2-3-13)4-9(12)6-10/h4-6H,2-3,13H2,1H3. The van der Waals surface area contributed by atoms with Crippen molar-refractivity contribution in [3.63, 3.8) is 0 Å². The number of hydrogen-bond acceptors (Lipinski definition) is 5. The Bertz CT molecular complexity index is 515. The second-order valence-corrected chi connectivity index (χ2v) is 4.55. The summed E-state index contributed by atoms with van der Waals surface area (Å²) in [5.41, 5.74) is 6.31. The Hall–Kier alpha value is -1.40. The predicted octanol–water partition coefficient (Wildman–Crippen LogP) is 2.17. The van der Waals surface area contributed by atoms with Crippen LogP contribution in [-0.4, -0.2) is 16.7 Å². The monoisotopic (exact) mass is 253 g/mol. The predicted molar refractivity (Wildman–Crippen MR) is 62.3 cm³/mol. The molecular weight excluding hydrogens is 241 g/mol. The smallest absolute Gasteiger partial charge is 0.281 e. The van der Waals surface area contributed by atoms with Crippen molar-refractivity contribution in [3.8, 4) is 0 Å². The van der Waals surface area contributed by atoms with E-state index in [0.29, 0.717) is 24.1 Å². The number of aromatic nitrogens is 2. The molecule has 0 amide bonds. The van der Waals surface area contributed by atoms with Crippen molar-refractivity contribution in [1.29, 1.82) is 0 Å². The van der Waals surface area contributed by atoms with E-state index in [-0.39, 0.29) is 5.82 Å². The molecule has 0 spiro atoms. The minimum atomic E-state index is -0.283. The van der Waals surface area contributed by atoms with Gasteiger partial charge in [0.25, 0.3) is 5.22 Å². The fourth-order valence-electron chi connectivity index (χ4n) is 1.41. The summed E-state index contributed by atoms with van der Waals surface area (Å²) < 4.78 is 18.6. The fraction of sp³-hybridized carbons (Fsp3) is 0.273. The normalized spacial score (nSPS) is 10.8. The van der Waals surface area contributed by atoms with Gasteiger partial charge < -0.3 is 10.2 Å². The van der Waals surface area contributed by atoms with Crippen LogP contribution in [0.4, 0.5) is 4.39 Å².